The molecular formula is C23H16F3N5. The first-order valence-electron chi connectivity index (χ1n) is 9.81. The van der Waals surface area contributed by atoms with Crippen molar-refractivity contribution in [2.75, 3.05) is 11.4 Å². The molecule has 8 heteroatoms. The summed E-state index contributed by atoms with van der Waals surface area (Å²) in [6, 6.07) is 12.9. The molecule has 154 valence electrons. The van der Waals surface area contributed by atoms with Gasteiger partial charge >= 0.3 is 0 Å². The minimum atomic E-state index is -0.618. The molecule has 1 atom stereocenters. The van der Waals surface area contributed by atoms with Gasteiger partial charge in [-0.15, -0.1) is 5.10 Å². The normalized spacial score (nSPS) is 16.1. The number of hydrogen-bond acceptors (Lipinski definition) is 4. The zero-order valence-corrected chi connectivity index (χ0v) is 16.3. The first-order chi connectivity index (χ1) is 15.0. The van der Waals surface area contributed by atoms with Gasteiger partial charge in [-0.25, -0.2) is 22.7 Å². The SMILES string of the molecule is N#Cc1ccc(-c2cnc3ccc(N4CCCC4c4cc(F)ccc4F)nn23)cc1F. The second-order valence-corrected chi connectivity index (χ2v) is 7.43. The lowest BCUT2D eigenvalue weighted by Crippen LogP contribution is -2.25. The van der Waals surface area contributed by atoms with Crippen LogP contribution in [0.15, 0.2) is 54.7 Å². The molecule has 0 N–H and O–H groups in total. The third-order valence-electron chi connectivity index (χ3n) is 5.60. The Hall–Kier alpha value is -3.86. The van der Waals surface area contributed by atoms with Crippen molar-refractivity contribution in [3.05, 3.63) is 83.3 Å². The fraction of sp³-hybridized carbons (Fsp3) is 0.174. The van der Waals surface area contributed by atoms with Gasteiger partial charge in [0, 0.05) is 17.7 Å². The summed E-state index contributed by atoms with van der Waals surface area (Å²) in [6.45, 7) is 0.647. The monoisotopic (exact) mass is 419 g/mol. The van der Waals surface area contributed by atoms with E-state index in [0.29, 0.717) is 41.3 Å². The summed E-state index contributed by atoms with van der Waals surface area (Å²) in [5.74, 6) is -0.957. The molecular weight excluding hydrogens is 403 g/mol. The molecule has 1 unspecified atom stereocenters. The van der Waals surface area contributed by atoms with Gasteiger partial charge in [0.1, 0.15) is 29.3 Å². The van der Waals surface area contributed by atoms with E-state index in [9.17, 15) is 13.2 Å². The smallest absolute Gasteiger partial charge is 0.154 e. The highest BCUT2D eigenvalue weighted by molar-refractivity contribution is 5.65. The molecule has 0 bridgehead atoms. The van der Waals surface area contributed by atoms with Crippen LogP contribution < -0.4 is 4.90 Å². The molecule has 0 radical (unpaired) electrons. The lowest BCUT2D eigenvalue weighted by atomic mass is 10.0. The third kappa shape index (κ3) is 3.28. The van der Waals surface area contributed by atoms with E-state index in [4.69, 9.17) is 5.26 Å². The average molecular weight is 419 g/mol. The summed E-state index contributed by atoms with van der Waals surface area (Å²) in [4.78, 5) is 6.27. The predicted molar refractivity (Wildman–Crippen MR) is 109 cm³/mol. The first kappa shape index (κ1) is 19.1. The Balaban J connectivity index is 1.57. The van der Waals surface area contributed by atoms with E-state index < -0.39 is 17.5 Å². The number of rotatable bonds is 3. The van der Waals surface area contributed by atoms with Crippen molar-refractivity contribution in [1.82, 2.24) is 14.6 Å². The molecule has 2 aromatic carbocycles. The fourth-order valence-electron chi connectivity index (χ4n) is 4.11. The van der Waals surface area contributed by atoms with Gasteiger partial charge < -0.3 is 4.90 Å². The van der Waals surface area contributed by atoms with Gasteiger partial charge in [0.25, 0.3) is 0 Å². The fourth-order valence-corrected chi connectivity index (χ4v) is 4.11. The van der Waals surface area contributed by atoms with Crippen molar-refractivity contribution in [3.63, 3.8) is 0 Å². The highest BCUT2D eigenvalue weighted by Gasteiger charge is 2.30. The van der Waals surface area contributed by atoms with Crippen molar-refractivity contribution in [2.24, 2.45) is 0 Å². The van der Waals surface area contributed by atoms with E-state index in [-0.39, 0.29) is 11.6 Å². The van der Waals surface area contributed by atoms with Gasteiger partial charge in [0.05, 0.1) is 23.5 Å². The van der Waals surface area contributed by atoms with E-state index in [1.165, 1.54) is 18.2 Å². The molecule has 3 heterocycles. The van der Waals surface area contributed by atoms with Crippen molar-refractivity contribution >= 4 is 11.5 Å². The van der Waals surface area contributed by atoms with Crippen molar-refractivity contribution < 1.29 is 13.2 Å². The van der Waals surface area contributed by atoms with Crippen LogP contribution in [0.1, 0.15) is 30.0 Å². The minimum absolute atomic E-state index is 0.0387. The molecule has 5 rings (SSSR count). The first-order valence-corrected chi connectivity index (χ1v) is 9.81. The van der Waals surface area contributed by atoms with Crippen LogP contribution in [0.5, 0.6) is 0 Å². The van der Waals surface area contributed by atoms with E-state index in [2.05, 4.69) is 10.1 Å². The maximum absolute atomic E-state index is 14.4. The number of fused-ring (bicyclic) bond motifs is 1. The number of benzene rings is 2. The highest BCUT2D eigenvalue weighted by atomic mass is 19.1. The molecule has 1 aliphatic rings. The van der Waals surface area contributed by atoms with E-state index in [1.807, 2.05) is 4.90 Å². The van der Waals surface area contributed by atoms with Gasteiger partial charge in [-0.1, -0.05) is 6.07 Å². The average Bonchev–Trinajstić information content (AvgIpc) is 3.42. The number of aromatic nitrogens is 3. The van der Waals surface area contributed by atoms with Crippen LogP contribution in [0.4, 0.5) is 19.0 Å². The Kier molecular flexibility index (Phi) is 4.59. The summed E-state index contributed by atoms with van der Waals surface area (Å²) in [7, 11) is 0. The topological polar surface area (TPSA) is 57.2 Å². The zero-order valence-electron chi connectivity index (χ0n) is 16.3. The second-order valence-electron chi connectivity index (χ2n) is 7.43. The maximum Gasteiger partial charge on any atom is 0.154 e. The molecule has 0 aliphatic carbocycles. The number of nitriles is 1. The summed E-state index contributed by atoms with van der Waals surface area (Å²) < 4.78 is 43.9. The van der Waals surface area contributed by atoms with Crippen LogP contribution in [0.2, 0.25) is 0 Å². The second kappa shape index (κ2) is 7.43. The quantitative estimate of drug-likeness (QED) is 0.468. The summed E-state index contributed by atoms with van der Waals surface area (Å²) in [5, 5.41) is 13.6. The Labute approximate surface area is 176 Å². The molecule has 2 aromatic heterocycles. The van der Waals surface area contributed by atoms with Crippen molar-refractivity contribution in [1.29, 1.82) is 5.26 Å². The van der Waals surface area contributed by atoms with Crippen LogP contribution >= 0.6 is 0 Å². The van der Waals surface area contributed by atoms with Crippen LogP contribution in [0.25, 0.3) is 16.9 Å². The molecule has 31 heavy (non-hydrogen) atoms. The van der Waals surface area contributed by atoms with E-state index in [1.54, 1.807) is 35.0 Å². The number of nitrogens with zero attached hydrogens (tertiary/aromatic N) is 5. The van der Waals surface area contributed by atoms with Gasteiger partial charge in [0.2, 0.25) is 0 Å². The van der Waals surface area contributed by atoms with Crippen molar-refractivity contribution in [3.8, 4) is 17.3 Å². The largest absolute Gasteiger partial charge is 0.348 e. The van der Waals surface area contributed by atoms with Gasteiger partial charge in [-0.2, -0.15) is 5.26 Å². The molecule has 1 saturated heterocycles. The number of hydrogen-bond donors (Lipinski definition) is 0. The molecule has 0 spiro atoms. The molecule has 1 fully saturated rings. The third-order valence-corrected chi connectivity index (χ3v) is 5.60. The molecule has 5 nitrogen and oxygen atoms in total. The van der Waals surface area contributed by atoms with E-state index in [0.717, 1.165) is 18.6 Å². The number of anilines is 1. The van der Waals surface area contributed by atoms with Crippen LogP contribution in [-0.2, 0) is 0 Å². The predicted octanol–water partition coefficient (Wildman–Crippen LogP) is 5.03. The van der Waals surface area contributed by atoms with Gasteiger partial charge in [-0.05, 0) is 55.3 Å². The molecule has 0 amide bonds. The van der Waals surface area contributed by atoms with Crippen LogP contribution in [-0.4, -0.2) is 21.1 Å². The van der Waals surface area contributed by atoms with Gasteiger partial charge in [-0.3, -0.25) is 0 Å². The summed E-state index contributed by atoms with van der Waals surface area (Å²) >= 11 is 0. The number of halogens is 3. The summed E-state index contributed by atoms with van der Waals surface area (Å²) in [5.41, 5.74) is 1.93. The van der Waals surface area contributed by atoms with Crippen molar-refractivity contribution in [2.45, 2.75) is 18.9 Å². The minimum Gasteiger partial charge on any atom is -0.348 e. The van der Waals surface area contributed by atoms with E-state index >= 15 is 0 Å². The highest BCUT2D eigenvalue weighted by Crippen LogP contribution is 2.37. The molecule has 1 aliphatic heterocycles. The number of imidazole rings is 1. The molecule has 4 aromatic rings. The summed E-state index contributed by atoms with van der Waals surface area (Å²) in [6.07, 6.45) is 3.08. The molecule has 0 saturated carbocycles. The maximum atomic E-state index is 14.4. The Morgan fingerprint density at radius 2 is 1.87 bits per heavy atom. The van der Waals surface area contributed by atoms with Crippen LogP contribution in [0.3, 0.4) is 0 Å². The lowest BCUT2D eigenvalue weighted by molar-refractivity contribution is 0.559. The van der Waals surface area contributed by atoms with Crippen LogP contribution in [0, 0.1) is 28.8 Å². The standard InChI is InChI=1S/C23H16F3N5/c24-16-5-6-18(25)17(11-16)20-2-1-9-30(20)23-8-7-22-28-13-21(31(22)29-23)14-3-4-15(12-27)19(26)10-14/h3-8,10-11,13,20H,1-2,9H2. The Morgan fingerprint density at radius 3 is 2.68 bits per heavy atom. The lowest BCUT2D eigenvalue weighted by Gasteiger charge is -2.26. The van der Waals surface area contributed by atoms with Gasteiger partial charge in [0.15, 0.2) is 5.65 Å². The Bertz CT molecular complexity index is 1340. The zero-order chi connectivity index (χ0) is 21.5. The Morgan fingerprint density at radius 1 is 1.00 bits per heavy atom.